The standard InChI is InChI=1S/C15H18N2O4S/c1-10(18)16-6-7-17-14(20)9-22-15(17)12-4-3-5-13(8-12)21-11(2)19/h3-5,8,15H,6-7,9H2,1-2H3,(H,16,18). The maximum absolute atomic E-state index is 12.0. The van der Waals surface area contributed by atoms with Crippen LogP contribution in [0.15, 0.2) is 24.3 Å². The topological polar surface area (TPSA) is 75.7 Å². The van der Waals surface area contributed by atoms with Crippen molar-refractivity contribution in [3.63, 3.8) is 0 Å². The van der Waals surface area contributed by atoms with Gasteiger partial charge in [0.15, 0.2) is 0 Å². The van der Waals surface area contributed by atoms with Gasteiger partial charge in [-0.2, -0.15) is 0 Å². The van der Waals surface area contributed by atoms with Crippen LogP contribution >= 0.6 is 11.8 Å². The molecular weight excluding hydrogens is 304 g/mol. The van der Waals surface area contributed by atoms with Gasteiger partial charge in [0.25, 0.3) is 0 Å². The normalized spacial score (nSPS) is 17.5. The van der Waals surface area contributed by atoms with Crippen molar-refractivity contribution in [3.05, 3.63) is 29.8 Å². The summed E-state index contributed by atoms with van der Waals surface area (Å²) in [6.07, 6.45) is 0. The van der Waals surface area contributed by atoms with Gasteiger partial charge in [-0.05, 0) is 17.7 Å². The molecule has 1 aliphatic heterocycles. The molecule has 7 heteroatoms. The summed E-state index contributed by atoms with van der Waals surface area (Å²) in [5.41, 5.74) is 0.900. The molecule has 22 heavy (non-hydrogen) atoms. The lowest BCUT2D eigenvalue weighted by Gasteiger charge is -2.24. The second-order valence-corrected chi connectivity index (χ2v) is 5.97. The highest BCUT2D eigenvalue weighted by atomic mass is 32.2. The van der Waals surface area contributed by atoms with Crippen molar-refractivity contribution in [3.8, 4) is 5.75 Å². The van der Waals surface area contributed by atoms with E-state index in [4.69, 9.17) is 4.74 Å². The van der Waals surface area contributed by atoms with E-state index in [-0.39, 0.29) is 23.2 Å². The number of carbonyl (C=O) groups is 3. The first kappa shape index (κ1) is 16.4. The molecular formula is C15H18N2O4S. The molecule has 0 radical (unpaired) electrons. The van der Waals surface area contributed by atoms with Gasteiger partial charge in [-0.1, -0.05) is 12.1 Å². The van der Waals surface area contributed by atoms with Crippen LogP contribution in [-0.2, 0) is 14.4 Å². The number of amides is 2. The van der Waals surface area contributed by atoms with Crippen molar-refractivity contribution in [2.24, 2.45) is 0 Å². The fourth-order valence-corrected chi connectivity index (χ4v) is 3.43. The van der Waals surface area contributed by atoms with Gasteiger partial charge in [-0.3, -0.25) is 14.4 Å². The first-order chi connectivity index (χ1) is 10.5. The first-order valence-electron chi connectivity index (χ1n) is 6.91. The average Bonchev–Trinajstić information content (AvgIpc) is 2.80. The number of rotatable bonds is 5. The number of thioether (sulfide) groups is 1. The third-order valence-corrected chi connectivity index (χ3v) is 4.36. The van der Waals surface area contributed by atoms with Crippen LogP contribution in [0.5, 0.6) is 5.75 Å². The molecule has 1 atom stereocenters. The molecule has 1 unspecified atom stereocenters. The van der Waals surface area contributed by atoms with Gasteiger partial charge < -0.3 is 15.0 Å². The lowest BCUT2D eigenvalue weighted by atomic mass is 10.2. The maximum atomic E-state index is 12.0. The molecule has 6 nitrogen and oxygen atoms in total. The molecule has 1 aromatic carbocycles. The minimum Gasteiger partial charge on any atom is -0.427 e. The second kappa shape index (κ2) is 7.31. The summed E-state index contributed by atoms with van der Waals surface area (Å²) in [6, 6.07) is 7.16. The third kappa shape index (κ3) is 4.24. The zero-order valence-corrected chi connectivity index (χ0v) is 13.3. The summed E-state index contributed by atoms with van der Waals surface area (Å²) >= 11 is 1.52. The summed E-state index contributed by atoms with van der Waals surface area (Å²) in [4.78, 5) is 35.7. The second-order valence-electron chi connectivity index (χ2n) is 4.90. The van der Waals surface area contributed by atoms with E-state index in [0.29, 0.717) is 24.6 Å². The SMILES string of the molecule is CC(=O)NCCN1C(=O)CSC1c1cccc(OC(C)=O)c1. The van der Waals surface area contributed by atoms with Gasteiger partial charge in [0.1, 0.15) is 11.1 Å². The molecule has 1 aromatic rings. The van der Waals surface area contributed by atoms with Crippen LogP contribution in [0.25, 0.3) is 0 Å². The Morgan fingerprint density at radius 2 is 2.18 bits per heavy atom. The smallest absolute Gasteiger partial charge is 0.308 e. The van der Waals surface area contributed by atoms with Gasteiger partial charge in [-0.15, -0.1) is 11.8 Å². The molecule has 0 saturated carbocycles. The Balaban J connectivity index is 2.10. The molecule has 1 N–H and O–H groups in total. The van der Waals surface area contributed by atoms with Crippen LogP contribution in [0.4, 0.5) is 0 Å². The fraction of sp³-hybridized carbons (Fsp3) is 0.400. The molecule has 0 aliphatic carbocycles. The van der Waals surface area contributed by atoms with E-state index in [1.54, 1.807) is 23.1 Å². The van der Waals surface area contributed by atoms with Crippen LogP contribution in [-0.4, -0.2) is 41.5 Å². The number of hydrogen-bond acceptors (Lipinski definition) is 5. The Hall–Kier alpha value is -2.02. The predicted molar refractivity (Wildman–Crippen MR) is 83.3 cm³/mol. The van der Waals surface area contributed by atoms with E-state index in [0.717, 1.165) is 5.56 Å². The molecule has 2 amide bonds. The van der Waals surface area contributed by atoms with Crippen LogP contribution in [0.1, 0.15) is 24.8 Å². The first-order valence-corrected chi connectivity index (χ1v) is 7.96. The van der Waals surface area contributed by atoms with Crippen molar-refractivity contribution < 1.29 is 19.1 Å². The Morgan fingerprint density at radius 1 is 1.41 bits per heavy atom. The molecule has 0 bridgehead atoms. The quantitative estimate of drug-likeness (QED) is 0.654. The minimum atomic E-state index is -0.380. The molecule has 1 fully saturated rings. The Labute approximate surface area is 133 Å². The number of carbonyl (C=O) groups excluding carboxylic acids is 3. The van der Waals surface area contributed by atoms with Gasteiger partial charge in [0, 0.05) is 26.9 Å². The Bertz CT molecular complexity index is 591. The number of hydrogen-bond donors (Lipinski definition) is 1. The Morgan fingerprint density at radius 3 is 2.86 bits per heavy atom. The highest BCUT2D eigenvalue weighted by molar-refractivity contribution is 8.00. The van der Waals surface area contributed by atoms with Crippen LogP contribution in [0.2, 0.25) is 0 Å². The lowest BCUT2D eigenvalue weighted by Crippen LogP contribution is -2.36. The van der Waals surface area contributed by atoms with Gasteiger partial charge >= 0.3 is 5.97 Å². The van der Waals surface area contributed by atoms with E-state index < -0.39 is 0 Å². The molecule has 0 aromatic heterocycles. The number of ether oxygens (including phenoxy) is 1. The molecule has 1 aliphatic rings. The largest absolute Gasteiger partial charge is 0.427 e. The van der Waals surface area contributed by atoms with Crippen molar-refractivity contribution in [1.29, 1.82) is 0 Å². The van der Waals surface area contributed by atoms with Crippen molar-refractivity contribution in [2.75, 3.05) is 18.8 Å². The Kier molecular flexibility index (Phi) is 5.43. The maximum Gasteiger partial charge on any atom is 0.308 e. The average molecular weight is 322 g/mol. The molecule has 2 rings (SSSR count). The molecule has 1 saturated heterocycles. The molecule has 0 spiro atoms. The zero-order chi connectivity index (χ0) is 16.1. The third-order valence-electron chi connectivity index (χ3n) is 3.10. The number of esters is 1. The summed E-state index contributed by atoms with van der Waals surface area (Å²) in [5, 5.41) is 2.56. The van der Waals surface area contributed by atoms with Crippen LogP contribution < -0.4 is 10.1 Å². The van der Waals surface area contributed by atoms with E-state index in [2.05, 4.69) is 5.32 Å². The minimum absolute atomic E-state index is 0.0400. The van der Waals surface area contributed by atoms with Crippen LogP contribution in [0.3, 0.4) is 0 Å². The number of nitrogens with zero attached hydrogens (tertiary/aromatic N) is 1. The summed E-state index contributed by atoms with van der Waals surface area (Å²) in [7, 11) is 0. The van der Waals surface area contributed by atoms with Crippen LogP contribution in [0, 0.1) is 0 Å². The number of nitrogens with one attached hydrogen (secondary N) is 1. The van der Waals surface area contributed by atoms with E-state index in [1.807, 2.05) is 6.07 Å². The summed E-state index contributed by atoms with van der Waals surface area (Å²) in [6.45, 7) is 3.66. The van der Waals surface area contributed by atoms with Crippen molar-refractivity contribution in [1.82, 2.24) is 10.2 Å². The molecule has 118 valence electrons. The predicted octanol–water partition coefficient (Wildman–Crippen LogP) is 1.32. The monoisotopic (exact) mass is 322 g/mol. The summed E-state index contributed by atoms with van der Waals surface area (Å²) in [5.74, 6) is 0.412. The highest BCUT2D eigenvalue weighted by Gasteiger charge is 2.32. The molecule has 1 heterocycles. The van der Waals surface area contributed by atoms with Gasteiger partial charge in [0.05, 0.1) is 5.75 Å². The lowest BCUT2D eigenvalue weighted by molar-refractivity contribution is -0.132. The van der Waals surface area contributed by atoms with E-state index >= 15 is 0 Å². The van der Waals surface area contributed by atoms with Gasteiger partial charge in [-0.25, -0.2) is 0 Å². The van der Waals surface area contributed by atoms with Crippen molar-refractivity contribution in [2.45, 2.75) is 19.2 Å². The van der Waals surface area contributed by atoms with E-state index in [9.17, 15) is 14.4 Å². The van der Waals surface area contributed by atoms with Crippen molar-refractivity contribution >= 4 is 29.5 Å². The zero-order valence-electron chi connectivity index (χ0n) is 12.5. The summed E-state index contributed by atoms with van der Waals surface area (Å²) < 4.78 is 5.08. The number of benzene rings is 1. The fourth-order valence-electron chi connectivity index (χ4n) is 2.22. The van der Waals surface area contributed by atoms with E-state index in [1.165, 1.54) is 25.6 Å². The van der Waals surface area contributed by atoms with Gasteiger partial charge in [0.2, 0.25) is 11.8 Å². The highest BCUT2D eigenvalue weighted by Crippen LogP contribution is 2.39.